The summed E-state index contributed by atoms with van der Waals surface area (Å²) in [6.45, 7) is 8.71. The Labute approximate surface area is 113 Å². The minimum absolute atomic E-state index is 0.373. The fourth-order valence-electron chi connectivity index (χ4n) is 0.997. The van der Waals surface area contributed by atoms with Crippen LogP contribution in [0.3, 0.4) is 0 Å². The molecule has 0 fully saturated rings. The zero-order valence-electron chi connectivity index (χ0n) is 11.4. The van der Waals surface area contributed by atoms with Gasteiger partial charge >= 0.3 is 5.97 Å². The fraction of sp³-hybridized carbons (Fsp3) is 0.267. The third kappa shape index (κ3) is 8.49. The summed E-state index contributed by atoms with van der Waals surface area (Å²) in [4.78, 5) is 30.7. The van der Waals surface area contributed by atoms with Crippen LogP contribution in [0.4, 0.5) is 0 Å². The number of esters is 1. The number of carbonyl (C=O) groups excluding carboxylic acids is 3. The van der Waals surface area contributed by atoms with Crippen LogP contribution in [0.1, 0.15) is 41.5 Å². The molecule has 0 heterocycles. The Morgan fingerprint density at radius 3 is 1.58 bits per heavy atom. The topological polar surface area (TPSA) is 60.4 Å². The van der Waals surface area contributed by atoms with Crippen molar-refractivity contribution in [2.75, 3.05) is 0 Å². The van der Waals surface area contributed by atoms with Gasteiger partial charge in [0.25, 0.3) is 0 Å². The van der Waals surface area contributed by atoms with Crippen LogP contribution < -0.4 is 0 Å². The lowest BCUT2D eigenvalue weighted by molar-refractivity contribution is -0.148. The first-order valence-corrected chi connectivity index (χ1v) is 5.68. The lowest BCUT2D eigenvalue weighted by atomic mass is 10.2. The van der Waals surface area contributed by atoms with Crippen LogP contribution >= 0.6 is 0 Å². The summed E-state index contributed by atoms with van der Waals surface area (Å²) in [6.07, 6.45) is 2.65. The Balaban J connectivity index is 0.000000344. The van der Waals surface area contributed by atoms with Crippen LogP contribution in [0, 0.1) is 0 Å². The minimum Gasteiger partial charge on any atom is -0.457 e. The first-order valence-electron chi connectivity index (χ1n) is 5.68. The molecule has 0 radical (unpaired) electrons. The van der Waals surface area contributed by atoms with Gasteiger partial charge in [0.15, 0.2) is 0 Å². The van der Waals surface area contributed by atoms with Crippen LogP contribution in [-0.4, -0.2) is 24.1 Å². The second-order valence-corrected chi connectivity index (χ2v) is 4.64. The van der Waals surface area contributed by atoms with Gasteiger partial charge in [0, 0.05) is 17.2 Å². The molecule has 0 atom stereocenters. The molecule has 1 rings (SSSR count). The molecule has 0 aliphatic heterocycles. The highest BCUT2D eigenvalue weighted by Crippen LogP contribution is 2.06. The Kier molecular flexibility index (Phi) is 7.04. The Bertz CT molecular complexity index is 411. The lowest BCUT2D eigenvalue weighted by Gasteiger charge is -2.17. The van der Waals surface area contributed by atoms with Crippen molar-refractivity contribution < 1.29 is 19.1 Å². The van der Waals surface area contributed by atoms with Crippen molar-refractivity contribution in [3.8, 4) is 0 Å². The molecular formula is C15H18O4. The molecule has 1 aromatic rings. The molecule has 0 aromatic heterocycles. The minimum atomic E-state index is -0.398. The highest BCUT2D eigenvalue weighted by molar-refractivity contribution is 5.81. The molecule has 0 unspecified atom stereocenters. The Hall–Kier alpha value is -2.23. The maximum Gasteiger partial charge on any atom is 0.330 e. The predicted octanol–water partition coefficient (Wildman–Crippen LogP) is 2.83. The number of rotatable bonds is 3. The van der Waals surface area contributed by atoms with Gasteiger partial charge in [-0.05, 0) is 20.8 Å². The van der Waals surface area contributed by atoms with Gasteiger partial charge in [0.1, 0.15) is 18.2 Å². The second kappa shape index (κ2) is 7.97. The first kappa shape index (κ1) is 16.8. The molecule has 19 heavy (non-hydrogen) atoms. The van der Waals surface area contributed by atoms with E-state index >= 15 is 0 Å². The largest absolute Gasteiger partial charge is 0.457 e. The van der Waals surface area contributed by atoms with Crippen molar-refractivity contribution in [3.63, 3.8) is 0 Å². The van der Waals surface area contributed by atoms with E-state index in [1.165, 1.54) is 0 Å². The van der Waals surface area contributed by atoms with Gasteiger partial charge in [-0.25, -0.2) is 4.79 Å². The molecule has 0 aliphatic carbocycles. The van der Waals surface area contributed by atoms with Crippen LogP contribution in [-0.2, 0) is 9.53 Å². The highest BCUT2D eigenvalue weighted by atomic mass is 16.6. The summed E-state index contributed by atoms with van der Waals surface area (Å²) < 4.78 is 4.83. The SMILES string of the molecule is C=CC(=O)OC(C)(C)C.O=Cc1ccc(C=O)cc1. The average Bonchev–Trinajstić information content (AvgIpc) is 2.37. The van der Waals surface area contributed by atoms with Crippen molar-refractivity contribution in [2.24, 2.45) is 0 Å². The average molecular weight is 262 g/mol. The summed E-state index contributed by atoms with van der Waals surface area (Å²) >= 11 is 0. The van der Waals surface area contributed by atoms with Gasteiger partial charge < -0.3 is 4.74 Å². The maximum atomic E-state index is 10.5. The molecular weight excluding hydrogens is 244 g/mol. The van der Waals surface area contributed by atoms with E-state index in [1.807, 2.05) is 20.8 Å². The van der Waals surface area contributed by atoms with Crippen LogP contribution in [0.25, 0.3) is 0 Å². The summed E-state index contributed by atoms with van der Waals surface area (Å²) in [5, 5.41) is 0. The Morgan fingerprint density at radius 1 is 1.05 bits per heavy atom. The third-order valence-electron chi connectivity index (χ3n) is 1.78. The fourth-order valence-corrected chi connectivity index (χ4v) is 0.997. The molecule has 102 valence electrons. The molecule has 4 heteroatoms. The zero-order valence-corrected chi connectivity index (χ0v) is 11.4. The van der Waals surface area contributed by atoms with Crippen molar-refractivity contribution >= 4 is 18.5 Å². The Morgan fingerprint density at radius 2 is 1.42 bits per heavy atom. The normalized spacial score (nSPS) is 9.63. The number of hydrogen-bond donors (Lipinski definition) is 0. The summed E-state index contributed by atoms with van der Waals surface area (Å²) in [6, 6.07) is 6.43. The van der Waals surface area contributed by atoms with Gasteiger partial charge in [-0.2, -0.15) is 0 Å². The molecule has 0 saturated carbocycles. The van der Waals surface area contributed by atoms with Crippen molar-refractivity contribution in [1.29, 1.82) is 0 Å². The van der Waals surface area contributed by atoms with E-state index < -0.39 is 5.60 Å². The van der Waals surface area contributed by atoms with Crippen molar-refractivity contribution in [3.05, 3.63) is 48.0 Å². The summed E-state index contributed by atoms with van der Waals surface area (Å²) in [5.41, 5.74) is 0.779. The monoisotopic (exact) mass is 262 g/mol. The van der Waals surface area contributed by atoms with E-state index in [2.05, 4.69) is 6.58 Å². The van der Waals surface area contributed by atoms with Gasteiger partial charge in [-0.3, -0.25) is 9.59 Å². The molecule has 1 aromatic carbocycles. The van der Waals surface area contributed by atoms with Gasteiger partial charge in [-0.1, -0.05) is 30.8 Å². The van der Waals surface area contributed by atoms with E-state index in [0.29, 0.717) is 11.1 Å². The molecule has 0 N–H and O–H groups in total. The van der Waals surface area contributed by atoms with E-state index in [9.17, 15) is 14.4 Å². The second-order valence-electron chi connectivity index (χ2n) is 4.64. The van der Waals surface area contributed by atoms with Crippen molar-refractivity contribution in [2.45, 2.75) is 26.4 Å². The lowest BCUT2D eigenvalue weighted by Crippen LogP contribution is -2.22. The van der Waals surface area contributed by atoms with Gasteiger partial charge in [-0.15, -0.1) is 0 Å². The smallest absolute Gasteiger partial charge is 0.330 e. The first-order chi connectivity index (χ1) is 8.82. The predicted molar refractivity (Wildman–Crippen MR) is 73.3 cm³/mol. The van der Waals surface area contributed by atoms with Crippen LogP contribution in [0.5, 0.6) is 0 Å². The van der Waals surface area contributed by atoms with Gasteiger partial charge in [0.2, 0.25) is 0 Å². The van der Waals surface area contributed by atoms with E-state index in [0.717, 1.165) is 18.6 Å². The number of carbonyl (C=O) groups is 3. The maximum absolute atomic E-state index is 10.5. The molecule has 0 aliphatic rings. The zero-order chi connectivity index (χ0) is 14.9. The molecule has 0 amide bonds. The summed E-state index contributed by atoms with van der Waals surface area (Å²) in [5.74, 6) is -0.373. The quantitative estimate of drug-likeness (QED) is 0.477. The van der Waals surface area contributed by atoms with E-state index in [-0.39, 0.29) is 5.97 Å². The van der Waals surface area contributed by atoms with Crippen molar-refractivity contribution in [1.82, 2.24) is 0 Å². The number of aldehydes is 2. The summed E-state index contributed by atoms with van der Waals surface area (Å²) in [7, 11) is 0. The van der Waals surface area contributed by atoms with Crippen LogP contribution in [0.2, 0.25) is 0 Å². The highest BCUT2D eigenvalue weighted by Gasteiger charge is 2.12. The molecule has 0 bridgehead atoms. The van der Waals surface area contributed by atoms with E-state index in [4.69, 9.17) is 4.74 Å². The van der Waals surface area contributed by atoms with Gasteiger partial charge in [0.05, 0.1) is 0 Å². The van der Waals surface area contributed by atoms with Crippen LogP contribution in [0.15, 0.2) is 36.9 Å². The third-order valence-corrected chi connectivity index (χ3v) is 1.78. The number of ether oxygens (including phenoxy) is 1. The molecule has 4 nitrogen and oxygen atoms in total. The number of hydrogen-bond acceptors (Lipinski definition) is 4. The van der Waals surface area contributed by atoms with E-state index in [1.54, 1.807) is 24.3 Å². The standard InChI is InChI=1S/C8H6O2.C7H12O2/c9-5-7-1-2-8(6-10)4-3-7;1-5-6(8)9-7(2,3)4/h1-6H;5H,1H2,2-4H3. The molecule has 0 spiro atoms. The number of benzene rings is 1. The molecule has 0 saturated heterocycles.